The van der Waals surface area contributed by atoms with Crippen LogP contribution in [0.2, 0.25) is 0 Å². The Balaban J connectivity index is 1.37. The van der Waals surface area contributed by atoms with Crippen molar-refractivity contribution in [3.63, 3.8) is 0 Å². The van der Waals surface area contributed by atoms with Crippen LogP contribution in [0.25, 0.3) is 28.5 Å². The molecule has 0 fully saturated rings. The van der Waals surface area contributed by atoms with Crippen LogP contribution in [0.4, 0.5) is 17.1 Å². The van der Waals surface area contributed by atoms with Gasteiger partial charge in [0.25, 0.3) is 0 Å². The second-order valence-corrected chi connectivity index (χ2v) is 11.4. The molecule has 4 nitrogen and oxygen atoms in total. The number of nitriles is 2. The number of allylic oxidation sites excluding steroid dienone is 2. The fourth-order valence-corrected chi connectivity index (χ4v) is 6.30. The predicted molar refractivity (Wildman–Crippen MR) is 181 cm³/mol. The molecule has 0 N–H and O–H groups in total. The van der Waals surface area contributed by atoms with Crippen molar-refractivity contribution in [3.05, 3.63) is 137 Å². The number of hydrogen-bond acceptors (Lipinski definition) is 4. The van der Waals surface area contributed by atoms with Gasteiger partial charge in [-0.1, -0.05) is 85.3 Å². The van der Waals surface area contributed by atoms with E-state index in [1.807, 2.05) is 37.3 Å². The molecule has 0 saturated carbocycles. The summed E-state index contributed by atoms with van der Waals surface area (Å²) >= 11 is 0. The van der Waals surface area contributed by atoms with Gasteiger partial charge < -0.3 is 9.64 Å². The number of nitrogens with zero attached hydrogens (tertiary/aromatic N) is 3. The largest absolute Gasteiger partial charge is 0.497 e. The van der Waals surface area contributed by atoms with Gasteiger partial charge in [-0.2, -0.15) is 10.5 Å². The van der Waals surface area contributed by atoms with Gasteiger partial charge in [-0.25, -0.2) is 0 Å². The maximum absolute atomic E-state index is 10.2. The molecule has 1 unspecified atom stereocenters. The van der Waals surface area contributed by atoms with E-state index in [1.165, 1.54) is 10.8 Å². The summed E-state index contributed by atoms with van der Waals surface area (Å²) in [6.45, 7) is 4.22. The lowest BCUT2D eigenvalue weighted by atomic mass is 9.89. The molecule has 0 aromatic heterocycles. The first-order valence-corrected chi connectivity index (χ1v) is 14.9. The van der Waals surface area contributed by atoms with E-state index >= 15 is 0 Å². The Morgan fingerprint density at radius 2 is 1.48 bits per heavy atom. The van der Waals surface area contributed by atoms with Gasteiger partial charge in [-0.05, 0) is 95.8 Å². The standard InChI is InChI=1S/C40H33N3O/c1-27-23-28(2)38(25-41)36-22-15-31(39(26-42)37(36)24-27)14-11-29-12-16-32(17-13-29)43(33-18-20-34(44-3)21-19-33)40-10-6-8-30-7-4-5-9-35(30)40/h4-22,27H,23-24H2,1-3H3. The number of benzene rings is 5. The van der Waals surface area contributed by atoms with Crippen LogP contribution < -0.4 is 9.64 Å². The SMILES string of the molecule is COc1ccc(N(c2ccc(C=Cc3ccc4c(c3C#N)CC(C)CC(C)=C4C#N)cc2)c2cccc3ccccc23)cc1. The number of anilines is 3. The lowest BCUT2D eigenvalue weighted by Crippen LogP contribution is -2.10. The Hall–Kier alpha value is -5.58. The summed E-state index contributed by atoms with van der Waals surface area (Å²) in [5.41, 5.74) is 9.41. The van der Waals surface area contributed by atoms with Crippen LogP contribution in [0.5, 0.6) is 5.75 Å². The zero-order valence-corrected chi connectivity index (χ0v) is 25.2. The van der Waals surface area contributed by atoms with E-state index in [2.05, 4.69) is 109 Å². The molecule has 0 bridgehead atoms. The average Bonchev–Trinajstić information content (AvgIpc) is 3.18. The first-order valence-electron chi connectivity index (χ1n) is 14.9. The first-order chi connectivity index (χ1) is 21.5. The summed E-state index contributed by atoms with van der Waals surface area (Å²) in [5, 5.41) is 22.4. The molecule has 0 amide bonds. The van der Waals surface area contributed by atoms with E-state index in [-0.39, 0.29) is 0 Å². The van der Waals surface area contributed by atoms with Gasteiger partial charge in [0.15, 0.2) is 0 Å². The Morgan fingerprint density at radius 3 is 2.18 bits per heavy atom. The molecule has 0 radical (unpaired) electrons. The number of hydrogen-bond donors (Lipinski definition) is 0. The lowest BCUT2D eigenvalue weighted by molar-refractivity contribution is 0.415. The zero-order chi connectivity index (χ0) is 30.6. The zero-order valence-electron chi connectivity index (χ0n) is 25.2. The molecule has 0 spiro atoms. The van der Waals surface area contributed by atoms with Gasteiger partial charge in [-0.3, -0.25) is 0 Å². The summed E-state index contributed by atoms with van der Waals surface area (Å²) in [5.74, 6) is 1.18. The molecule has 1 aliphatic carbocycles. The van der Waals surface area contributed by atoms with Crippen LogP contribution in [0.3, 0.4) is 0 Å². The quantitative estimate of drug-likeness (QED) is 0.190. The average molecular weight is 572 g/mol. The molecule has 1 aliphatic rings. The van der Waals surface area contributed by atoms with Crippen molar-refractivity contribution in [3.8, 4) is 17.9 Å². The van der Waals surface area contributed by atoms with Crippen LogP contribution in [-0.2, 0) is 6.42 Å². The lowest BCUT2D eigenvalue weighted by Gasteiger charge is -2.27. The van der Waals surface area contributed by atoms with Gasteiger partial charge in [0.05, 0.1) is 30.0 Å². The van der Waals surface area contributed by atoms with Crippen molar-refractivity contribution in [2.75, 3.05) is 12.0 Å². The van der Waals surface area contributed by atoms with Crippen molar-refractivity contribution >= 4 is 45.6 Å². The predicted octanol–water partition coefficient (Wildman–Crippen LogP) is 10.2. The highest BCUT2D eigenvalue weighted by Crippen LogP contribution is 2.40. The molecular formula is C40H33N3O. The van der Waals surface area contributed by atoms with Crippen molar-refractivity contribution in [2.45, 2.75) is 26.7 Å². The van der Waals surface area contributed by atoms with E-state index in [0.717, 1.165) is 63.5 Å². The molecule has 4 heteroatoms. The third kappa shape index (κ3) is 5.47. The normalized spacial score (nSPS) is 14.5. The second kappa shape index (κ2) is 12.3. The Morgan fingerprint density at radius 1 is 0.773 bits per heavy atom. The molecule has 0 aliphatic heterocycles. The van der Waals surface area contributed by atoms with Crippen molar-refractivity contribution in [2.24, 2.45) is 5.92 Å². The maximum atomic E-state index is 10.2. The summed E-state index contributed by atoms with van der Waals surface area (Å²) in [6, 6.07) is 40.2. The van der Waals surface area contributed by atoms with Crippen molar-refractivity contribution in [1.82, 2.24) is 0 Å². The smallest absolute Gasteiger partial charge is 0.119 e. The molecule has 0 saturated heterocycles. The summed E-state index contributed by atoms with van der Waals surface area (Å²) in [6.07, 6.45) is 5.71. The fourth-order valence-electron chi connectivity index (χ4n) is 6.30. The molecule has 5 aromatic carbocycles. The second-order valence-electron chi connectivity index (χ2n) is 11.4. The molecule has 214 valence electrons. The van der Waals surface area contributed by atoms with E-state index in [4.69, 9.17) is 4.74 Å². The Kier molecular flexibility index (Phi) is 8.00. The monoisotopic (exact) mass is 571 g/mol. The summed E-state index contributed by atoms with van der Waals surface area (Å²) in [4.78, 5) is 2.26. The number of methoxy groups -OCH3 is 1. The molecule has 1 atom stereocenters. The summed E-state index contributed by atoms with van der Waals surface area (Å²) < 4.78 is 5.42. The highest BCUT2D eigenvalue weighted by atomic mass is 16.5. The van der Waals surface area contributed by atoms with Gasteiger partial charge in [0.1, 0.15) is 11.8 Å². The number of fused-ring (bicyclic) bond motifs is 2. The van der Waals surface area contributed by atoms with E-state index in [0.29, 0.717) is 17.1 Å². The van der Waals surface area contributed by atoms with Gasteiger partial charge in [0.2, 0.25) is 0 Å². The highest BCUT2D eigenvalue weighted by Gasteiger charge is 2.23. The molecule has 44 heavy (non-hydrogen) atoms. The maximum Gasteiger partial charge on any atom is 0.119 e. The van der Waals surface area contributed by atoms with Crippen LogP contribution in [-0.4, -0.2) is 7.11 Å². The van der Waals surface area contributed by atoms with E-state index < -0.39 is 0 Å². The Labute approximate surface area is 259 Å². The van der Waals surface area contributed by atoms with Gasteiger partial charge in [-0.15, -0.1) is 0 Å². The van der Waals surface area contributed by atoms with Crippen molar-refractivity contribution < 1.29 is 4.74 Å². The topological polar surface area (TPSA) is 60.0 Å². The van der Waals surface area contributed by atoms with E-state index in [1.54, 1.807) is 7.11 Å². The number of ether oxygens (including phenoxy) is 1. The van der Waals surface area contributed by atoms with Crippen LogP contribution in [0, 0.1) is 28.6 Å². The number of rotatable bonds is 6. The molecule has 6 rings (SSSR count). The van der Waals surface area contributed by atoms with Crippen molar-refractivity contribution in [1.29, 1.82) is 10.5 Å². The minimum atomic E-state index is 0.369. The van der Waals surface area contributed by atoms with Gasteiger partial charge in [0, 0.05) is 16.8 Å². The third-order valence-electron chi connectivity index (χ3n) is 8.42. The highest BCUT2D eigenvalue weighted by molar-refractivity contribution is 5.99. The van der Waals surface area contributed by atoms with Crippen LogP contribution in [0.15, 0.2) is 109 Å². The molecular weight excluding hydrogens is 538 g/mol. The Bertz CT molecular complexity index is 1980. The van der Waals surface area contributed by atoms with Crippen LogP contribution >= 0.6 is 0 Å². The summed E-state index contributed by atoms with van der Waals surface area (Å²) in [7, 11) is 1.68. The minimum Gasteiger partial charge on any atom is -0.497 e. The fraction of sp³-hybridized carbons (Fsp3) is 0.150. The molecule has 5 aromatic rings. The minimum absolute atomic E-state index is 0.369. The third-order valence-corrected chi connectivity index (χ3v) is 8.42. The van der Waals surface area contributed by atoms with Crippen LogP contribution in [0.1, 0.15) is 48.1 Å². The van der Waals surface area contributed by atoms with Gasteiger partial charge >= 0.3 is 0 Å². The first kappa shape index (κ1) is 28.5. The molecule has 0 heterocycles. The van der Waals surface area contributed by atoms with E-state index in [9.17, 15) is 10.5 Å².